The average molecular weight is 227 g/mol. The molecule has 3 heteroatoms. The summed E-state index contributed by atoms with van der Waals surface area (Å²) in [5.74, 6) is 1.35. The molecule has 3 unspecified atom stereocenters. The second kappa shape index (κ2) is 5.17. The summed E-state index contributed by atoms with van der Waals surface area (Å²) < 4.78 is 4.80. The lowest BCUT2D eigenvalue weighted by Crippen LogP contribution is -2.42. The Hall–Kier alpha value is -0.570. The minimum absolute atomic E-state index is 0.140. The molecule has 1 saturated carbocycles. The normalized spacial score (nSPS) is 30.4. The van der Waals surface area contributed by atoms with Crippen LogP contribution < -0.4 is 5.32 Å². The third kappa shape index (κ3) is 2.97. The maximum absolute atomic E-state index is 11.5. The molecule has 16 heavy (non-hydrogen) atoms. The fraction of sp³-hybridized carbons (Fsp3) is 0.923. The number of ether oxygens (including phenoxy) is 1. The summed E-state index contributed by atoms with van der Waals surface area (Å²) in [4.78, 5) is 11.5. The third-order valence-electron chi connectivity index (χ3n) is 4.01. The Kier molecular flexibility index (Phi) is 4.36. The molecule has 3 atom stereocenters. The summed E-state index contributed by atoms with van der Waals surface area (Å²) in [7, 11) is 1.45. The first-order valence-corrected chi connectivity index (χ1v) is 6.20. The highest BCUT2D eigenvalue weighted by Gasteiger charge is 2.33. The largest absolute Gasteiger partial charge is 0.469 e. The van der Waals surface area contributed by atoms with Crippen LogP contribution in [0.2, 0.25) is 0 Å². The maximum Gasteiger partial charge on any atom is 0.312 e. The van der Waals surface area contributed by atoms with Gasteiger partial charge in [-0.25, -0.2) is 0 Å². The Bertz CT molecular complexity index is 250. The van der Waals surface area contributed by atoms with Crippen LogP contribution in [0.15, 0.2) is 0 Å². The minimum Gasteiger partial charge on any atom is -0.469 e. The van der Waals surface area contributed by atoms with E-state index in [1.165, 1.54) is 20.0 Å². The zero-order valence-electron chi connectivity index (χ0n) is 11.2. The van der Waals surface area contributed by atoms with Gasteiger partial charge in [0.1, 0.15) is 0 Å². The zero-order valence-corrected chi connectivity index (χ0v) is 11.2. The van der Waals surface area contributed by atoms with Crippen molar-refractivity contribution < 1.29 is 9.53 Å². The first-order chi connectivity index (χ1) is 7.38. The lowest BCUT2D eigenvalue weighted by Gasteiger charge is -2.26. The number of carbonyl (C=O) groups is 1. The number of rotatable bonds is 4. The van der Waals surface area contributed by atoms with Gasteiger partial charge < -0.3 is 10.1 Å². The van der Waals surface area contributed by atoms with Gasteiger partial charge in [0, 0.05) is 12.6 Å². The quantitative estimate of drug-likeness (QED) is 0.748. The van der Waals surface area contributed by atoms with Crippen molar-refractivity contribution in [1.82, 2.24) is 5.32 Å². The van der Waals surface area contributed by atoms with Crippen LogP contribution in [0.5, 0.6) is 0 Å². The van der Waals surface area contributed by atoms with Crippen molar-refractivity contribution in [3.05, 3.63) is 0 Å². The summed E-state index contributed by atoms with van der Waals surface area (Å²) in [5, 5.41) is 3.52. The van der Waals surface area contributed by atoms with Crippen LogP contribution in [-0.4, -0.2) is 25.7 Å². The SMILES string of the molecule is COC(=O)C(C)(C)CNC1CCC(C)C1C. The lowest BCUT2D eigenvalue weighted by atomic mass is 9.92. The fourth-order valence-electron chi connectivity index (χ4n) is 2.39. The first-order valence-electron chi connectivity index (χ1n) is 6.20. The average Bonchev–Trinajstić information content (AvgIpc) is 2.56. The minimum atomic E-state index is -0.430. The van der Waals surface area contributed by atoms with E-state index in [2.05, 4.69) is 19.2 Å². The van der Waals surface area contributed by atoms with E-state index in [9.17, 15) is 4.79 Å². The summed E-state index contributed by atoms with van der Waals surface area (Å²) in [6.45, 7) is 9.14. The fourth-order valence-corrected chi connectivity index (χ4v) is 2.39. The van der Waals surface area contributed by atoms with E-state index in [4.69, 9.17) is 4.74 Å². The van der Waals surface area contributed by atoms with Crippen LogP contribution in [-0.2, 0) is 9.53 Å². The Morgan fingerprint density at radius 2 is 2.00 bits per heavy atom. The van der Waals surface area contributed by atoms with Gasteiger partial charge in [0.2, 0.25) is 0 Å². The highest BCUT2D eigenvalue weighted by molar-refractivity contribution is 5.76. The van der Waals surface area contributed by atoms with Crippen molar-refractivity contribution >= 4 is 5.97 Å². The van der Waals surface area contributed by atoms with E-state index in [0.29, 0.717) is 18.5 Å². The van der Waals surface area contributed by atoms with Crippen molar-refractivity contribution in [2.45, 2.75) is 46.6 Å². The number of hydrogen-bond donors (Lipinski definition) is 1. The monoisotopic (exact) mass is 227 g/mol. The standard InChI is InChI=1S/C13H25NO2/c1-9-6-7-11(10(9)2)14-8-13(3,4)12(15)16-5/h9-11,14H,6-8H2,1-5H3. The molecule has 0 saturated heterocycles. The van der Waals surface area contributed by atoms with Crippen LogP contribution in [0, 0.1) is 17.3 Å². The molecule has 1 fully saturated rings. The number of nitrogens with one attached hydrogen (secondary N) is 1. The zero-order chi connectivity index (χ0) is 12.3. The van der Waals surface area contributed by atoms with Gasteiger partial charge in [0.25, 0.3) is 0 Å². The van der Waals surface area contributed by atoms with Crippen LogP contribution in [0.3, 0.4) is 0 Å². The molecule has 1 N–H and O–H groups in total. The molecule has 0 aromatic rings. The lowest BCUT2D eigenvalue weighted by molar-refractivity contribution is -0.150. The van der Waals surface area contributed by atoms with Gasteiger partial charge in [0.05, 0.1) is 12.5 Å². The van der Waals surface area contributed by atoms with Gasteiger partial charge in [-0.3, -0.25) is 4.79 Å². The number of esters is 1. The summed E-state index contributed by atoms with van der Waals surface area (Å²) in [5.41, 5.74) is -0.430. The highest BCUT2D eigenvalue weighted by atomic mass is 16.5. The van der Waals surface area contributed by atoms with Gasteiger partial charge >= 0.3 is 5.97 Å². The van der Waals surface area contributed by atoms with Crippen molar-refractivity contribution in [2.75, 3.05) is 13.7 Å². The summed E-state index contributed by atoms with van der Waals surface area (Å²) in [6, 6.07) is 0.555. The Balaban J connectivity index is 2.43. The predicted molar refractivity (Wildman–Crippen MR) is 65.1 cm³/mol. The third-order valence-corrected chi connectivity index (χ3v) is 4.01. The van der Waals surface area contributed by atoms with Crippen LogP contribution >= 0.6 is 0 Å². The second-order valence-electron chi connectivity index (χ2n) is 5.78. The molecule has 1 aliphatic carbocycles. The van der Waals surface area contributed by atoms with Crippen molar-refractivity contribution in [3.63, 3.8) is 0 Å². The Morgan fingerprint density at radius 3 is 2.44 bits per heavy atom. The number of carbonyl (C=O) groups excluding carboxylic acids is 1. The molecule has 0 bridgehead atoms. The molecule has 0 aromatic carbocycles. The van der Waals surface area contributed by atoms with Crippen LogP contribution in [0.1, 0.15) is 40.5 Å². The van der Waals surface area contributed by atoms with E-state index < -0.39 is 5.41 Å². The van der Waals surface area contributed by atoms with Gasteiger partial charge in [-0.15, -0.1) is 0 Å². The van der Waals surface area contributed by atoms with Crippen LogP contribution in [0.25, 0.3) is 0 Å². The maximum atomic E-state index is 11.5. The van der Waals surface area contributed by atoms with E-state index in [0.717, 1.165) is 5.92 Å². The van der Waals surface area contributed by atoms with E-state index >= 15 is 0 Å². The first kappa shape index (κ1) is 13.5. The molecular formula is C13H25NO2. The smallest absolute Gasteiger partial charge is 0.312 e. The number of methoxy groups -OCH3 is 1. The van der Waals surface area contributed by atoms with Gasteiger partial charge in [-0.2, -0.15) is 0 Å². The van der Waals surface area contributed by atoms with E-state index in [1.54, 1.807) is 0 Å². The predicted octanol–water partition coefficient (Wildman–Crippen LogP) is 2.21. The highest BCUT2D eigenvalue weighted by Crippen LogP contribution is 2.31. The molecule has 1 rings (SSSR count). The summed E-state index contributed by atoms with van der Waals surface area (Å²) in [6.07, 6.45) is 2.51. The molecule has 0 amide bonds. The van der Waals surface area contributed by atoms with Crippen molar-refractivity contribution in [1.29, 1.82) is 0 Å². The van der Waals surface area contributed by atoms with E-state index in [1.807, 2.05) is 13.8 Å². The number of hydrogen-bond acceptors (Lipinski definition) is 3. The Morgan fingerprint density at radius 1 is 1.38 bits per heavy atom. The van der Waals surface area contributed by atoms with Gasteiger partial charge in [0.15, 0.2) is 0 Å². The van der Waals surface area contributed by atoms with Crippen molar-refractivity contribution in [2.24, 2.45) is 17.3 Å². The van der Waals surface area contributed by atoms with Gasteiger partial charge in [-0.1, -0.05) is 13.8 Å². The van der Waals surface area contributed by atoms with Crippen molar-refractivity contribution in [3.8, 4) is 0 Å². The second-order valence-corrected chi connectivity index (χ2v) is 5.78. The molecule has 0 aliphatic heterocycles. The van der Waals surface area contributed by atoms with E-state index in [-0.39, 0.29) is 5.97 Å². The molecule has 3 nitrogen and oxygen atoms in total. The molecule has 94 valence electrons. The molecule has 0 aromatic heterocycles. The molecule has 0 spiro atoms. The van der Waals surface area contributed by atoms with Gasteiger partial charge in [-0.05, 0) is 38.5 Å². The Labute approximate surface area is 98.9 Å². The molecule has 0 heterocycles. The molecule has 1 aliphatic rings. The topological polar surface area (TPSA) is 38.3 Å². The van der Waals surface area contributed by atoms with Crippen LogP contribution in [0.4, 0.5) is 0 Å². The molecular weight excluding hydrogens is 202 g/mol. The molecule has 0 radical (unpaired) electrons. The summed E-state index contributed by atoms with van der Waals surface area (Å²) >= 11 is 0.